The van der Waals surface area contributed by atoms with E-state index in [1.165, 1.54) is 116 Å². The summed E-state index contributed by atoms with van der Waals surface area (Å²) in [7, 11) is 0. The number of ether oxygens (including phenoxy) is 3. The molecule has 57 heavy (non-hydrogen) atoms. The normalized spacial score (nSPS) is 10.9. The maximum absolute atomic E-state index is 12.6. The van der Waals surface area contributed by atoms with Crippen molar-refractivity contribution >= 4 is 17.9 Å². The van der Waals surface area contributed by atoms with Crippen LogP contribution in [0.5, 0.6) is 0 Å². The Balaban J connectivity index is -0.00000209. The van der Waals surface area contributed by atoms with Gasteiger partial charge in [0, 0.05) is 19.3 Å². The number of hydrogen-bond acceptors (Lipinski definition) is 12. The van der Waals surface area contributed by atoms with Gasteiger partial charge in [-0.25, -0.2) is 0 Å². The summed E-state index contributed by atoms with van der Waals surface area (Å²) < 4.78 is 16.5. The Morgan fingerprint density at radius 1 is 0.368 bits per heavy atom. The van der Waals surface area contributed by atoms with E-state index in [1.807, 2.05) is 0 Å². The molecular formula is C45H90O12. The third kappa shape index (κ3) is 52.2. The lowest BCUT2D eigenvalue weighted by Gasteiger charge is -2.18. The van der Waals surface area contributed by atoms with Crippen molar-refractivity contribution in [2.45, 2.75) is 232 Å². The van der Waals surface area contributed by atoms with E-state index in [-0.39, 0.29) is 57.5 Å². The molecule has 0 spiro atoms. The van der Waals surface area contributed by atoms with Gasteiger partial charge >= 0.3 is 17.9 Å². The molecule has 0 radical (unpaired) electrons. The number of esters is 3. The summed E-state index contributed by atoms with van der Waals surface area (Å²) in [4.78, 5) is 37.3. The number of carbonyl (C=O) groups is 3. The van der Waals surface area contributed by atoms with Gasteiger partial charge in [-0.05, 0) is 19.3 Å². The van der Waals surface area contributed by atoms with Gasteiger partial charge in [0.2, 0.25) is 0 Å². The van der Waals surface area contributed by atoms with Crippen LogP contribution in [0.15, 0.2) is 0 Å². The second kappa shape index (κ2) is 50.3. The Kier molecular flexibility index (Phi) is 52.5. The van der Waals surface area contributed by atoms with Gasteiger partial charge in [0.1, 0.15) is 25.4 Å². The Bertz CT molecular complexity index is 772. The van der Waals surface area contributed by atoms with E-state index in [4.69, 9.17) is 44.8 Å². The number of hydrogen-bond donors (Lipinski definition) is 6. The molecule has 0 aliphatic heterocycles. The van der Waals surface area contributed by atoms with Crippen LogP contribution < -0.4 is 0 Å². The molecule has 12 heteroatoms. The average Bonchev–Trinajstić information content (AvgIpc) is 3.22. The summed E-state index contributed by atoms with van der Waals surface area (Å²) in [6.07, 6.45) is 30.4. The van der Waals surface area contributed by atoms with Crippen LogP contribution in [0.1, 0.15) is 213 Å². The minimum absolute atomic E-state index is 0.0644. The van der Waals surface area contributed by atoms with Gasteiger partial charge < -0.3 is 44.8 Å². The zero-order valence-electron chi connectivity index (χ0n) is 36.8. The fourth-order valence-electron chi connectivity index (χ4n) is 5.73. The van der Waals surface area contributed by atoms with Crippen LogP contribution in [0.4, 0.5) is 0 Å². The lowest BCUT2D eigenvalue weighted by molar-refractivity contribution is -0.167. The molecule has 0 atom stereocenters. The van der Waals surface area contributed by atoms with Gasteiger partial charge in [-0.1, -0.05) is 175 Å². The fraction of sp³-hybridized carbons (Fsp3) is 0.933. The Hall–Kier alpha value is -1.83. The van der Waals surface area contributed by atoms with Crippen LogP contribution in [0, 0.1) is 0 Å². The van der Waals surface area contributed by atoms with Crippen LogP contribution >= 0.6 is 0 Å². The van der Waals surface area contributed by atoms with E-state index in [1.54, 1.807) is 0 Å². The van der Waals surface area contributed by atoms with Crippen LogP contribution in [0.25, 0.3) is 0 Å². The smallest absolute Gasteiger partial charge is 0.306 e. The zero-order chi connectivity index (χ0) is 43.0. The van der Waals surface area contributed by atoms with Crippen molar-refractivity contribution in [3.63, 3.8) is 0 Å². The molecule has 342 valence electrons. The molecule has 0 aliphatic rings. The highest BCUT2D eigenvalue weighted by Crippen LogP contribution is 2.14. The van der Waals surface area contributed by atoms with E-state index >= 15 is 0 Å². The van der Waals surface area contributed by atoms with E-state index in [2.05, 4.69) is 20.8 Å². The summed E-state index contributed by atoms with van der Waals surface area (Å²) in [5.74, 6) is -0.870. The minimum atomic E-state index is -0.954. The van der Waals surface area contributed by atoms with Crippen LogP contribution in [0.2, 0.25) is 0 Å². The highest BCUT2D eigenvalue weighted by molar-refractivity contribution is 5.71. The van der Waals surface area contributed by atoms with E-state index in [9.17, 15) is 14.4 Å². The molecule has 0 amide bonds. The second-order valence-corrected chi connectivity index (χ2v) is 15.3. The lowest BCUT2D eigenvalue weighted by atomic mass is 10.1. The molecule has 0 rings (SSSR count). The van der Waals surface area contributed by atoms with Crippen LogP contribution in [-0.2, 0) is 28.6 Å². The Morgan fingerprint density at radius 2 is 0.596 bits per heavy atom. The summed E-state index contributed by atoms with van der Waals surface area (Å²) in [6.45, 7) is 5.11. The average molecular weight is 823 g/mol. The second-order valence-electron chi connectivity index (χ2n) is 15.3. The third-order valence-corrected chi connectivity index (χ3v) is 9.45. The highest BCUT2D eigenvalue weighted by atomic mass is 16.6. The molecule has 0 aromatic heterocycles. The number of carbonyl (C=O) groups excluding carboxylic acids is 3. The molecule has 0 saturated carbocycles. The summed E-state index contributed by atoms with van der Waals surface area (Å²) in [5, 5.41) is 48.0. The molecule has 0 bridgehead atoms. The van der Waals surface area contributed by atoms with E-state index < -0.39 is 18.3 Å². The number of aliphatic hydroxyl groups is 6. The van der Waals surface area contributed by atoms with Crippen molar-refractivity contribution in [1.82, 2.24) is 0 Å². The van der Waals surface area contributed by atoms with Gasteiger partial charge in [-0.3, -0.25) is 14.4 Å². The SMILES string of the molecule is CCCCCCCCCCCC(=O)OCC(COC(=O)CCCCCCCCCCC)OC(=O)CCCCCCCCCCC.OCC(O)CO.OCC(O)CO. The van der Waals surface area contributed by atoms with Crippen molar-refractivity contribution in [2.24, 2.45) is 0 Å². The topological polar surface area (TPSA) is 200 Å². The van der Waals surface area contributed by atoms with Crippen molar-refractivity contribution in [3.05, 3.63) is 0 Å². The van der Waals surface area contributed by atoms with Gasteiger partial charge in [0.25, 0.3) is 0 Å². The zero-order valence-corrected chi connectivity index (χ0v) is 36.8. The van der Waals surface area contributed by atoms with Gasteiger partial charge in [-0.2, -0.15) is 0 Å². The van der Waals surface area contributed by atoms with Crippen molar-refractivity contribution < 1.29 is 59.2 Å². The molecule has 0 saturated heterocycles. The minimum Gasteiger partial charge on any atom is -0.462 e. The highest BCUT2D eigenvalue weighted by Gasteiger charge is 2.19. The number of unbranched alkanes of at least 4 members (excludes halogenated alkanes) is 24. The molecule has 0 heterocycles. The quantitative estimate of drug-likeness (QED) is 0.0197. The molecule has 0 fully saturated rings. The Labute approximate surface area is 347 Å². The van der Waals surface area contributed by atoms with Crippen LogP contribution in [-0.4, -0.2) is 107 Å². The largest absolute Gasteiger partial charge is 0.462 e. The lowest BCUT2D eigenvalue weighted by Crippen LogP contribution is -2.30. The number of rotatable bonds is 39. The summed E-state index contributed by atoms with van der Waals surface area (Å²) in [6, 6.07) is 0. The molecule has 0 aliphatic carbocycles. The van der Waals surface area contributed by atoms with Gasteiger partial charge in [-0.15, -0.1) is 0 Å². The Morgan fingerprint density at radius 3 is 0.825 bits per heavy atom. The first-order chi connectivity index (χ1) is 27.6. The number of aliphatic hydroxyl groups excluding tert-OH is 6. The first-order valence-corrected chi connectivity index (χ1v) is 23.0. The summed E-state index contributed by atoms with van der Waals surface area (Å²) >= 11 is 0. The molecule has 0 aromatic carbocycles. The monoisotopic (exact) mass is 823 g/mol. The van der Waals surface area contributed by atoms with Gasteiger partial charge in [0.05, 0.1) is 26.4 Å². The molecular weight excluding hydrogens is 732 g/mol. The van der Waals surface area contributed by atoms with E-state index in [0.717, 1.165) is 57.8 Å². The van der Waals surface area contributed by atoms with Crippen molar-refractivity contribution in [1.29, 1.82) is 0 Å². The van der Waals surface area contributed by atoms with E-state index in [0.29, 0.717) is 19.3 Å². The molecule has 6 N–H and O–H groups in total. The first-order valence-electron chi connectivity index (χ1n) is 23.0. The standard InChI is InChI=1S/C39H74O6.2C3H8O3/c1-4-7-10-13-16-19-22-25-28-31-37(40)43-34-36(45-39(42)33-30-27-24-21-18-15-12-9-6-3)35-44-38(41)32-29-26-23-20-17-14-11-8-5-2;2*4-1-3(6)2-5/h36H,4-35H2,1-3H3;2*3-6H,1-2H2. The molecule has 12 nitrogen and oxygen atoms in total. The van der Waals surface area contributed by atoms with Crippen molar-refractivity contribution in [3.8, 4) is 0 Å². The first kappa shape index (κ1) is 59.5. The molecule has 0 unspecified atom stereocenters. The predicted molar refractivity (Wildman–Crippen MR) is 228 cm³/mol. The molecule has 0 aromatic rings. The maximum atomic E-state index is 12.6. The third-order valence-electron chi connectivity index (χ3n) is 9.45. The maximum Gasteiger partial charge on any atom is 0.306 e. The van der Waals surface area contributed by atoms with Crippen LogP contribution in [0.3, 0.4) is 0 Å². The summed E-state index contributed by atoms with van der Waals surface area (Å²) in [5.41, 5.74) is 0. The van der Waals surface area contributed by atoms with Gasteiger partial charge in [0.15, 0.2) is 6.10 Å². The fourth-order valence-corrected chi connectivity index (χ4v) is 5.73. The van der Waals surface area contributed by atoms with Crippen molar-refractivity contribution in [2.75, 3.05) is 39.6 Å². The predicted octanol–water partition coefficient (Wildman–Crippen LogP) is 8.41.